The minimum absolute atomic E-state index is 0.0654. The molecule has 0 bridgehead atoms. The molecule has 1 aromatic carbocycles. The van der Waals surface area contributed by atoms with Crippen molar-refractivity contribution >= 4 is 45.3 Å². The Kier molecular flexibility index (Phi) is 5.53. The van der Waals surface area contributed by atoms with Crippen LogP contribution in [0.3, 0.4) is 0 Å². The minimum atomic E-state index is -4.74. The van der Waals surface area contributed by atoms with Crippen molar-refractivity contribution in [1.82, 2.24) is 29.4 Å². The van der Waals surface area contributed by atoms with Crippen molar-refractivity contribution in [3.8, 4) is 0 Å². The summed E-state index contributed by atoms with van der Waals surface area (Å²) in [7, 11) is 1.15. The number of nitrogens with one attached hydrogen (secondary N) is 2. The number of hydrogen-bond acceptors (Lipinski definition) is 7. The number of carbonyl (C=O) groups excluding carboxylic acids is 3. The lowest BCUT2D eigenvalue weighted by Crippen LogP contribution is -2.45. The third-order valence-electron chi connectivity index (χ3n) is 6.15. The summed E-state index contributed by atoms with van der Waals surface area (Å²) in [4.78, 5) is 62.2. The fourth-order valence-corrected chi connectivity index (χ4v) is 4.51. The van der Waals surface area contributed by atoms with Gasteiger partial charge in [-0.15, -0.1) is 0 Å². The van der Waals surface area contributed by atoms with Crippen LogP contribution in [0.5, 0.6) is 0 Å². The van der Waals surface area contributed by atoms with E-state index in [1.807, 2.05) is 0 Å². The van der Waals surface area contributed by atoms with Gasteiger partial charge in [0.25, 0.3) is 11.5 Å². The van der Waals surface area contributed by atoms with E-state index >= 15 is 0 Å². The predicted molar refractivity (Wildman–Crippen MR) is 124 cm³/mol. The predicted octanol–water partition coefficient (Wildman–Crippen LogP) is 2.24. The molecule has 1 saturated heterocycles. The highest BCUT2D eigenvalue weighted by atomic mass is 19.4. The van der Waals surface area contributed by atoms with Crippen LogP contribution >= 0.6 is 0 Å². The number of aromatic nitrogens is 5. The Bertz CT molecular complexity index is 1690. The largest absolute Gasteiger partial charge is 0.449 e. The van der Waals surface area contributed by atoms with Crippen molar-refractivity contribution in [2.45, 2.75) is 32.0 Å². The molecule has 3 amide bonds. The van der Waals surface area contributed by atoms with Gasteiger partial charge >= 0.3 is 6.18 Å². The molecule has 190 valence electrons. The summed E-state index contributed by atoms with van der Waals surface area (Å²) in [5, 5.41) is 4.91. The number of rotatable bonds is 3. The summed E-state index contributed by atoms with van der Waals surface area (Å²) < 4.78 is 42.0. The molecule has 1 unspecified atom stereocenters. The number of amides is 3. The molecule has 1 atom stereocenters. The molecule has 14 heteroatoms. The Morgan fingerprint density at radius 1 is 1.16 bits per heavy atom. The molecule has 1 aliphatic heterocycles. The van der Waals surface area contributed by atoms with E-state index in [9.17, 15) is 32.3 Å². The third kappa shape index (κ3) is 3.99. The molecule has 37 heavy (non-hydrogen) atoms. The molecule has 2 N–H and O–H groups in total. The number of alkyl halides is 3. The molecule has 3 aromatic heterocycles. The van der Waals surface area contributed by atoms with Crippen molar-refractivity contribution in [3.63, 3.8) is 0 Å². The van der Waals surface area contributed by atoms with Gasteiger partial charge in [0.1, 0.15) is 22.9 Å². The summed E-state index contributed by atoms with van der Waals surface area (Å²) in [5.41, 5.74) is -0.616. The summed E-state index contributed by atoms with van der Waals surface area (Å²) >= 11 is 0. The first-order chi connectivity index (χ1) is 17.5. The highest BCUT2D eigenvalue weighted by molar-refractivity contribution is 6.13. The molecule has 0 spiro atoms. The molecule has 5 rings (SSSR count). The number of halogens is 3. The minimum Gasteiger partial charge on any atom is -0.323 e. The van der Waals surface area contributed by atoms with Crippen molar-refractivity contribution in [2.75, 3.05) is 5.32 Å². The van der Waals surface area contributed by atoms with Gasteiger partial charge in [-0.25, -0.2) is 9.97 Å². The number of carbonyl (C=O) groups is 3. The van der Waals surface area contributed by atoms with Crippen LogP contribution in [0.2, 0.25) is 0 Å². The van der Waals surface area contributed by atoms with E-state index < -0.39 is 41.3 Å². The lowest BCUT2D eigenvalue weighted by molar-refractivity contribution is -0.146. The van der Waals surface area contributed by atoms with Crippen molar-refractivity contribution in [3.05, 3.63) is 58.2 Å². The fourth-order valence-electron chi connectivity index (χ4n) is 4.51. The SMILES string of the molecule is Cc1nc2c(NC(=O)c3cncc4nc(C(F)(F)F)n(C)c34)cccc2c(=O)n1C1CCC(=O)NC1=O. The number of pyridine rings is 1. The molecule has 0 saturated carbocycles. The summed E-state index contributed by atoms with van der Waals surface area (Å²) in [5.74, 6) is -2.82. The molecular formula is C23H18F3N7O4. The maximum absolute atomic E-state index is 13.3. The first-order valence-corrected chi connectivity index (χ1v) is 11.0. The Hall–Kier alpha value is -4.62. The molecule has 1 aliphatic rings. The molecule has 11 nitrogen and oxygen atoms in total. The normalized spacial score (nSPS) is 16.3. The van der Waals surface area contributed by atoms with Crippen LogP contribution in [0.15, 0.2) is 35.4 Å². The average molecular weight is 513 g/mol. The Morgan fingerprint density at radius 3 is 2.62 bits per heavy atom. The third-order valence-corrected chi connectivity index (χ3v) is 6.15. The molecule has 4 aromatic rings. The average Bonchev–Trinajstić information content (AvgIpc) is 3.18. The Labute approximate surface area is 205 Å². The van der Waals surface area contributed by atoms with Gasteiger partial charge in [-0.1, -0.05) is 6.07 Å². The second kappa shape index (κ2) is 8.50. The maximum Gasteiger partial charge on any atom is 0.449 e. The van der Waals surface area contributed by atoms with Crippen LogP contribution in [0.1, 0.15) is 40.9 Å². The standard InChI is InChI=1S/C23H18F3N7O4/c1-10-28-17-11(21(37)33(10)15-6-7-16(34)31-20(15)36)4-3-5-13(17)29-19(35)12-8-27-9-14-18(12)32(2)22(30-14)23(24,25)26/h3-5,8-9,15H,6-7H2,1-2H3,(H,29,35)(H,31,34,36). The van der Waals surface area contributed by atoms with E-state index in [4.69, 9.17) is 0 Å². The van der Waals surface area contributed by atoms with Crippen molar-refractivity contribution in [1.29, 1.82) is 0 Å². The van der Waals surface area contributed by atoms with Gasteiger partial charge in [-0.2, -0.15) is 13.2 Å². The topological polar surface area (TPSA) is 141 Å². The van der Waals surface area contributed by atoms with Crippen molar-refractivity contribution < 1.29 is 27.6 Å². The van der Waals surface area contributed by atoms with Crippen molar-refractivity contribution in [2.24, 2.45) is 7.05 Å². The summed E-state index contributed by atoms with van der Waals surface area (Å²) in [6.07, 6.45) is -2.28. The maximum atomic E-state index is 13.3. The van der Waals surface area contributed by atoms with Gasteiger partial charge < -0.3 is 9.88 Å². The van der Waals surface area contributed by atoms with Crippen LogP contribution < -0.4 is 16.2 Å². The van der Waals surface area contributed by atoms with Crippen LogP contribution in [0, 0.1) is 6.92 Å². The first-order valence-electron chi connectivity index (χ1n) is 11.0. The number of nitrogens with zero attached hydrogens (tertiary/aromatic N) is 5. The molecular weight excluding hydrogens is 495 g/mol. The number of piperidine rings is 1. The van der Waals surface area contributed by atoms with Gasteiger partial charge in [0.15, 0.2) is 0 Å². The van der Waals surface area contributed by atoms with E-state index in [2.05, 4.69) is 25.6 Å². The summed E-state index contributed by atoms with van der Waals surface area (Å²) in [6, 6.07) is 3.54. The van der Waals surface area contributed by atoms with E-state index in [0.29, 0.717) is 0 Å². The highest BCUT2D eigenvalue weighted by Crippen LogP contribution is 2.32. The van der Waals surface area contributed by atoms with E-state index in [-0.39, 0.29) is 51.9 Å². The summed E-state index contributed by atoms with van der Waals surface area (Å²) in [6.45, 7) is 1.52. The number of hydrogen-bond donors (Lipinski definition) is 2. The number of benzene rings is 1. The van der Waals surface area contributed by atoms with Crippen LogP contribution in [-0.4, -0.2) is 41.8 Å². The first kappa shape index (κ1) is 24.1. The lowest BCUT2D eigenvalue weighted by atomic mass is 10.1. The van der Waals surface area contributed by atoms with E-state index in [0.717, 1.165) is 24.0 Å². The smallest absolute Gasteiger partial charge is 0.323 e. The van der Waals surface area contributed by atoms with E-state index in [1.54, 1.807) is 0 Å². The number of anilines is 1. The zero-order valence-electron chi connectivity index (χ0n) is 19.4. The molecule has 0 radical (unpaired) electrons. The van der Waals surface area contributed by atoms with Gasteiger partial charge in [0.2, 0.25) is 17.6 Å². The number of aryl methyl sites for hydroxylation is 2. The van der Waals surface area contributed by atoms with Gasteiger partial charge in [0.05, 0.1) is 28.4 Å². The van der Waals surface area contributed by atoms with Gasteiger partial charge in [0, 0.05) is 19.7 Å². The Balaban J connectivity index is 1.57. The molecule has 4 heterocycles. The Morgan fingerprint density at radius 2 is 1.92 bits per heavy atom. The number of fused-ring (bicyclic) bond motifs is 2. The fraction of sp³-hybridized carbons (Fsp3) is 0.261. The number of para-hydroxylation sites is 1. The molecule has 0 aliphatic carbocycles. The monoisotopic (exact) mass is 513 g/mol. The highest BCUT2D eigenvalue weighted by Gasteiger charge is 2.37. The van der Waals surface area contributed by atoms with Crippen LogP contribution in [0.4, 0.5) is 18.9 Å². The van der Waals surface area contributed by atoms with Gasteiger partial charge in [-0.05, 0) is 25.5 Å². The second-order valence-electron chi connectivity index (χ2n) is 8.50. The van der Waals surface area contributed by atoms with Crippen LogP contribution in [-0.2, 0) is 22.8 Å². The van der Waals surface area contributed by atoms with Crippen LogP contribution in [0.25, 0.3) is 21.9 Å². The van der Waals surface area contributed by atoms with E-state index in [1.165, 1.54) is 29.7 Å². The number of imide groups is 1. The molecule has 1 fully saturated rings. The van der Waals surface area contributed by atoms with Gasteiger partial charge in [-0.3, -0.25) is 34.0 Å². The zero-order chi connectivity index (χ0) is 26.6. The number of imidazole rings is 1. The lowest BCUT2D eigenvalue weighted by Gasteiger charge is -2.24. The second-order valence-corrected chi connectivity index (χ2v) is 8.50. The zero-order valence-corrected chi connectivity index (χ0v) is 19.4. The quantitative estimate of drug-likeness (QED) is 0.400.